The topological polar surface area (TPSA) is 72.2 Å². The number of benzene rings is 2. The number of likely N-dealkylation sites (tertiary alicyclic amines) is 1. The van der Waals surface area contributed by atoms with Crippen LogP contribution in [-0.2, 0) is 4.79 Å². The van der Waals surface area contributed by atoms with Crippen molar-refractivity contribution in [1.29, 1.82) is 0 Å². The highest BCUT2D eigenvalue weighted by atomic mass is 35.5. The van der Waals surface area contributed by atoms with Gasteiger partial charge in [-0.15, -0.1) is 0 Å². The third-order valence-electron chi connectivity index (χ3n) is 7.13. The van der Waals surface area contributed by atoms with Gasteiger partial charge in [0, 0.05) is 22.9 Å². The maximum Gasteiger partial charge on any atom is 0.279 e. The third kappa shape index (κ3) is 4.17. The zero-order valence-electron chi connectivity index (χ0n) is 17.7. The summed E-state index contributed by atoms with van der Waals surface area (Å²) in [4.78, 5) is 14.1. The summed E-state index contributed by atoms with van der Waals surface area (Å²) >= 11 is 12.2. The first kappa shape index (κ1) is 21.8. The van der Waals surface area contributed by atoms with Crippen LogP contribution in [0.3, 0.4) is 0 Å². The lowest BCUT2D eigenvalue weighted by atomic mass is 9.66. The van der Waals surface area contributed by atoms with Crippen molar-refractivity contribution in [2.45, 2.75) is 43.7 Å². The van der Waals surface area contributed by atoms with Crippen LogP contribution in [0.1, 0.15) is 43.7 Å². The van der Waals surface area contributed by atoms with Crippen LogP contribution in [0, 0.1) is 5.92 Å². The SMILES string of the molecule is O=C(C[NH+]1CC[C@@]2(O)CCCC[C@H]2[C@H]1c1ccc2c(c1)OCO2)Nc1ccc(Cl)cc1Cl. The molecular weight excluding hydrogens is 451 g/mol. The van der Waals surface area contributed by atoms with Gasteiger partial charge in [0.05, 0.1) is 22.9 Å². The second-order valence-corrected chi connectivity index (χ2v) is 9.90. The highest BCUT2D eigenvalue weighted by Gasteiger charge is 2.52. The summed E-state index contributed by atoms with van der Waals surface area (Å²) in [6, 6.07) is 11.0. The van der Waals surface area contributed by atoms with Crippen LogP contribution in [0.4, 0.5) is 5.69 Å². The zero-order chi connectivity index (χ0) is 22.3. The maximum absolute atomic E-state index is 13.0. The first-order chi connectivity index (χ1) is 15.4. The standard InChI is InChI=1S/C24H26Cl2N2O4/c25-16-5-6-19(18(26)12-16)27-22(29)13-28-10-9-24(30)8-2-1-3-17(24)23(28)15-4-7-20-21(11-15)32-14-31-20/h4-7,11-12,17,23,30H,1-3,8-10,13-14H2,(H,27,29)/p+1/t17-,23+,24-/m0/s1. The minimum atomic E-state index is -0.682. The summed E-state index contributed by atoms with van der Waals surface area (Å²) in [6.45, 7) is 1.22. The fourth-order valence-corrected chi connectivity index (χ4v) is 6.07. The van der Waals surface area contributed by atoms with E-state index < -0.39 is 5.60 Å². The summed E-state index contributed by atoms with van der Waals surface area (Å²) < 4.78 is 11.1. The molecule has 6 nitrogen and oxygen atoms in total. The molecule has 1 unspecified atom stereocenters. The highest BCUT2D eigenvalue weighted by Crippen LogP contribution is 2.45. The molecule has 1 amide bonds. The molecule has 5 rings (SSSR count). The average Bonchev–Trinajstić information content (AvgIpc) is 3.23. The molecule has 0 bridgehead atoms. The molecule has 8 heteroatoms. The summed E-state index contributed by atoms with van der Waals surface area (Å²) in [6.07, 6.45) is 4.60. The van der Waals surface area contributed by atoms with E-state index in [1.165, 1.54) is 0 Å². The zero-order valence-corrected chi connectivity index (χ0v) is 19.2. The molecule has 3 N–H and O–H groups in total. The van der Waals surface area contributed by atoms with E-state index in [2.05, 4.69) is 5.32 Å². The van der Waals surface area contributed by atoms with Gasteiger partial charge in [0.25, 0.3) is 5.91 Å². The maximum atomic E-state index is 13.0. The monoisotopic (exact) mass is 477 g/mol. The number of quaternary nitrogens is 1. The Morgan fingerprint density at radius 2 is 1.97 bits per heavy atom. The molecule has 170 valence electrons. The van der Waals surface area contributed by atoms with Gasteiger partial charge >= 0.3 is 0 Å². The van der Waals surface area contributed by atoms with Gasteiger partial charge in [-0.05, 0) is 49.2 Å². The van der Waals surface area contributed by atoms with Crippen molar-refractivity contribution >= 4 is 34.8 Å². The molecule has 3 aliphatic rings. The molecule has 1 aliphatic carbocycles. The molecule has 1 saturated carbocycles. The van der Waals surface area contributed by atoms with Gasteiger partial charge in [-0.1, -0.05) is 36.0 Å². The van der Waals surface area contributed by atoms with E-state index >= 15 is 0 Å². The lowest BCUT2D eigenvalue weighted by Crippen LogP contribution is -3.16. The number of fused-ring (bicyclic) bond motifs is 2. The Kier molecular flexibility index (Phi) is 5.97. The van der Waals surface area contributed by atoms with E-state index in [9.17, 15) is 9.90 Å². The summed E-state index contributed by atoms with van der Waals surface area (Å²) in [5.41, 5.74) is 0.941. The van der Waals surface area contributed by atoms with Gasteiger partial charge in [0.1, 0.15) is 6.04 Å². The number of halogens is 2. The number of aliphatic hydroxyl groups is 1. The fraction of sp³-hybridized carbons (Fsp3) is 0.458. The Labute approximate surface area is 197 Å². The molecule has 2 heterocycles. The van der Waals surface area contributed by atoms with Gasteiger partial charge in [0.2, 0.25) is 6.79 Å². The van der Waals surface area contributed by atoms with Gasteiger partial charge in [0.15, 0.2) is 18.0 Å². The number of carbonyl (C=O) groups is 1. The number of ether oxygens (including phenoxy) is 2. The number of anilines is 1. The summed E-state index contributed by atoms with van der Waals surface area (Å²) in [5, 5.41) is 15.3. The van der Waals surface area contributed by atoms with Crippen LogP contribution in [0.15, 0.2) is 36.4 Å². The van der Waals surface area contributed by atoms with E-state index in [0.717, 1.165) is 47.6 Å². The van der Waals surface area contributed by atoms with Gasteiger partial charge < -0.3 is 24.8 Å². The van der Waals surface area contributed by atoms with E-state index in [0.29, 0.717) is 28.7 Å². The van der Waals surface area contributed by atoms with Crippen molar-refractivity contribution in [3.8, 4) is 11.5 Å². The number of hydrogen-bond acceptors (Lipinski definition) is 4. The Bertz CT molecular complexity index is 1030. The molecule has 2 aromatic carbocycles. The fourth-order valence-electron chi connectivity index (χ4n) is 5.62. The molecular formula is C24H27Cl2N2O4+. The second-order valence-electron chi connectivity index (χ2n) is 9.05. The van der Waals surface area contributed by atoms with Crippen molar-refractivity contribution < 1.29 is 24.3 Å². The van der Waals surface area contributed by atoms with E-state index in [1.54, 1.807) is 18.2 Å². The lowest BCUT2D eigenvalue weighted by Gasteiger charge is -2.50. The number of amides is 1. The van der Waals surface area contributed by atoms with Crippen LogP contribution < -0.4 is 19.7 Å². The van der Waals surface area contributed by atoms with Gasteiger partial charge in [-0.3, -0.25) is 4.79 Å². The second kappa shape index (κ2) is 8.75. The Morgan fingerprint density at radius 3 is 2.81 bits per heavy atom. The number of rotatable bonds is 4. The van der Waals surface area contributed by atoms with Gasteiger partial charge in [-0.2, -0.15) is 0 Å². The Balaban J connectivity index is 1.41. The van der Waals surface area contributed by atoms with Crippen LogP contribution in [0.2, 0.25) is 10.0 Å². The van der Waals surface area contributed by atoms with Crippen LogP contribution >= 0.6 is 23.2 Å². The number of hydrogen-bond donors (Lipinski definition) is 3. The van der Waals surface area contributed by atoms with E-state index in [4.69, 9.17) is 32.7 Å². The predicted molar refractivity (Wildman–Crippen MR) is 123 cm³/mol. The number of piperidine rings is 1. The molecule has 2 fully saturated rings. The number of carbonyl (C=O) groups excluding carboxylic acids is 1. The third-order valence-corrected chi connectivity index (χ3v) is 7.68. The molecule has 2 aliphatic heterocycles. The molecule has 2 aromatic rings. The molecule has 4 atom stereocenters. The molecule has 0 radical (unpaired) electrons. The lowest BCUT2D eigenvalue weighted by molar-refractivity contribution is -0.937. The molecule has 1 saturated heterocycles. The summed E-state index contributed by atoms with van der Waals surface area (Å²) in [7, 11) is 0. The highest BCUT2D eigenvalue weighted by molar-refractivity contribution is 6.36. The minimum Gasteiger partial charge on any atom is -0.454 e. The normalized spacial score (nSPS) is 28.8. The molecule has 0 aromatic heterocycles. The van der Waals surface area contributed by atoms with Crippen molar-refractivity contribution in [2.75, 3.05) is 25.2 Å². The Hall–Kier alpha value is -1.99. The van der Waals surface area contributed by atoms with Crippen LogP contribution in [0.25, 0.3) is 0 Å². The first-order valence-electron chi connectivity index (χ1n) is 11.1. The van der Waals surface area contributed by atoms with E-state index in [-0.39, 0.29) is 31.2 Å². The molecule has 0 spiro atoms. The van der Waals surface area contributed by atoms with Gasteiger partial charge in [-0.25, -0.2) is 0 Å². The quantitative estimate of drug-likeness (QED) is 0.628. The van der Waals surface area contributed by atoms with Crippen molar-refractivity contribution in [3.05, 3.63) is 52.0 Å². The van der Waals surface area contributed by atoms with E-state index in [1.807, 2.05) is 18.2 Å². The first-order valence-corrected chi connectivity index (χ1v) is 11.9. The Morgan fingerprint density at radius 1 is 1.12 bits per heavy atom. The smallest absolute Gasteiger partial charge is 0.279 e. The average molecular weight is 478 g/mol. The van der Waals surface area contributed by atoms with Crippen molar-refractivity contribution in [2.24, 2.45) is 5.92 Å². The van der Waals surface area contributed by atoms with Crippen LogP contribution in [0.5, 0.6) is 11.5 Å². The number of nitrogens with one attached hydrogen (secondary N) is 2. The minimum absolute atomic E-state index is 0.00464. The van der Waals surface area contributed by atoms with Crippen LogP contribution in [-0.4, -0.2) is 36.5 Å². The largest absolute Gasteiger partial charge is 0.454 e. The summed E-state index contributed by atoms with van der Waals surface area (Å²) in [5.74, 6) is 1.44. The predicted octanol–water partition coefficient (Wildman–Crippen LogP) is 3.61. The van der Waals surface area contributed by atoms with Crippen molar-refractivity contribution in [3.63, 3.8) is 0 Å². The van der Waals surface area contributed by atoms with Crippen molar-refractivity contribution in [1.82, 2.24) is 0 Å². The molecule has 32 heavy (non-hydrogen) atoms.